The van der Waals surface area contributed by atoms with Crippen molar-refractivity contribution in [3.8, 4) is 0 Å². The minimum absolute atomic E-state index is 0.347. The number of hydrogen-bond acceptors (Lipinski definition) is 1. The van der Waals surface area contributed by atoms with Gasteiger partial charge in [-0.25, -0.2) is 9.37 Å². The Morgan fingerprint density at radius 1 is 1.33 bits per heavy atom. The molecule has 0 spiro atoms. The minimum Gasteiger partial charge on any atom is -0.314 e. The molecule has 2 rings (SSSR count). The van der Waals surface area contributed by atoms with Gasteiger partial charge in [0.05, 0.1) is 5.52 Å². The Morgan fingerprint density at radius 3 is 2.83 bits per heavy atom. The molecule has 0 amide bonds. The van der Waals surface area contributed by atoms with Gasteiger partial charge in [-0.15, -0.1) is 0 Å². The molecule has 5 heteroatoms. The van der Waals surface area contributed by atoms with Crippen molar-refractivity contribution in [3.05, 3.63) is 28.5 Å². The van der Waals surface area contributed by atoms with Gasteiger partial charge in [0, 0.05) is 4.47 Å². The number of halogens is 3. The summed E-state index contributed by atoms with van der Waals surface area (Å²) in [4.78, 5) is 5.81. The predicted octanol–water partition coefficient (Wildman–Crippen LogP) is 2.60. The molecule has 0 aliphatic carbocycles. The van der Waals surface area contributed by atoms with Gasteiger partial charge in [0.15, 0.2) is 0 Å². The molecule has 62 valence electrons. The Hall–Kier alpha value is -0.970. The van der Waals surface area contributed by atoms with Crippen molar-refractivity contribution in [2.75, 3.05) is 0 Å². The SMILES string of the molecule is Fc1cc(Br)c2nc(F)[nH]c2c1. The minimum atomic E-state index is -0.712. The second kappa shape index (κ2) is 2.52. The predicted molar refractivity (Wildman–Crippen MR) is 43.7 cm³/mol. The molecule has 1 aromatic heterocycles. The van der Waals surface area contributed by atoms with E-state index in [-0.39, 0.29) is 0 Å². The van der Waals surface area contributed by atoms with Gasteiger partial charge in [-0.2, -0.15) is 4.39 Å². The second-order valence-corrected chi connectivity index (χ2v) is 3.17. The topological polar surface area (TPSA) is 28.7 Å². The van der Waals surface area contributed by atoms with Crippen molar-refractivity contribution < 1.29 is 8.78 Å². The lowest BCUT2D eigenvalue weighted by Crippen LogP contribution is -1.76. The van der Waals surface area contributed by atoms with E-state index in [0.29, 0.717) is 15.5 Å². The third-order valence-corrected chi connectivity index (χ3v) is 2.08. The van der Waals surface area contributed by atoms with E-state index in [2.05, 4.69) is 25.9 Å². The molecule has 12 heavy (non-hydrogen) atoms. The zero-order valence-corrected chi connectivity index (χ0v) is 7.32. The third kappa shape index (κ3) is 1.10. The second-order valence-electron chi connectivity index (χ2n) is 2.31. The molecule has 1 N–H and O–H groups in total. The lowest BCUT2D eigenvalue weighted by Gasteiger charge is -1.91. The Balaban J connectivity index is 2.88. The van der Waals surface area contributed by atoms with E-state index in [1.165, 1.54) is 12.1 Å². The number of aromatic nitrogens is 2. The lowest BCUT2D eigenvalue weighted by molar-refractivity contribution is 0.556. The molecule has 2 aromatic rings. The van der Waals surface area contributed by atoms with Crippen molar-refractivity contribution in [2.24, 2.45) is 0 Å². The highest BCUT2D eigenvalue weighted by molar-refractivity contribution is 9.10. The van der Waals surface area contributed by atoms with Crippen LogP contribution in [0.15, 0.2) is 16.6 Å². The van der Waals surface area contributed by atoms with Gasteiger partial charge < -0.3 is 4.98 Å². The quantitative estimate of drug-likeness (QED) is 0.744. The number of H-pyrrole nitrogens is 1. The first-order valence-corrected chi connectivity index (χ1v) is 3.96. The van der Waals surface area contributed by atoms with Crippen LogP contribution in [-0.2, 0) is 0 Å². The van der Waals surface area contributed by atoms with E-state index in [4.69, 9.17) is 0 Å². The Morgan fingerprint density at radius 2 is 2.08 bits per heavy atom. The first-order chi connectivity index (χ1) is 5.66. The summed E-state index contributed by atoms with van der Waals surface area (Å²) < 4.78 is 25.7. The molecule has 0 aliphatic heterocycles. The molecule has 0 aliphatic rings. The van der Waals surface area contributed by atoms with E-state index in [0.717, 1.165) is 0 Å². The number of fused-ring (bicyclic) bond motifs is 1. The molecule has 2 nitrogen and oxygen atoms in total. The zero-order chi connectivity index (χ0) is 8.72. The fraction of sp³-hybridized carbons (Fsp3) is 0. The monoisotopic (exact) mass is 232 g/mol. The summed E-state index contributed by atoms with van der Waals surface area (Å²) in [5, 5.41) is 0. The molecule has 0 saturated heterocycles. The number of nitrogens with zero attached hydrogens (tertiary/aromatic N) is 1. The van der Waals surface area contributed by atoms with Crippen molar-refractivity contribution in [1.82, 2.24) is 9.97 Å². The van der Waals surface area contributed by atoms with Crippen LogP contribution in [-0.4, -0.2) is 9.97 Å². The van der Waals surface area contributed by atoms with E-state index in [1.807, 2.05) is 0 Å². The van der Waals surface area contributed by atoms with Gasteiger partial charge in [0.1, 0.15) is 11.3 Å². The van der Waals surface area contributed by atoms with Gasteiger partial charge in [0.2, 0.25) is 0 Å². The molecule has 1 heterocycles. The van der Waals surface area contributed by atoms with Gasteiger partial charge >= 0.3 is 0 Å². The van der Waals surface area contributed by atoms with Crippen LogP contribution in [0, 0.1) is 11.9 Å². The fourth-order valence-corrected chi connectivity index (χ4v) is 1.53. The highest BCUT2D eigenvalue weighted by Gasteiger charge is 2.06. The molecule has 1 aromatic carbocycles. The Bertz CT molecular complexity index is 438. The highest BCUT2D eigenvalue weighted by atomic mass is 79.9. The van der Waals surface area contributed by atoms with Crippen molar-refractivity contribution in [3.63, 3.8) is 0 Å². The number of aromatic amines is 1. The van der Waals surface area contributed by atoms with Crippen LogP contribution in [0.3, 0.4) is 0 Å². The maximum absolute atomic E-state index is 12.7. The molecular formula is C7H3BrF2N2. The van der Waals surface area contributed by atoms with Crippen LogP contribution in [0.1, 0.15) is 0 Å². The third-order valence-electron chi connectivity index (χ3n) is 1.48. The lowest BCUT2D eigenvalue weighted by atomic mass is 10.3. The summed E-state index contributed by atoms with van der Waals surface area (Å²) in [5.41, 5.74) is 0.744. The largest absolute Gasteiger partial charge is 0.314 e. The summed E-state index contributed by atoms with van der Waals surface area (Å²) in [6, 6.07) is 2.43. The normalized spacial score (nSPS) is 10.9. The van der Waals surface area contributed by atoms with E-state index in [1.54, 1.807) is 0 Å². The first kappa shape index (κ1) is 7.67. The summed E-state index contributed by atoms with van der Waals surface area (Å²) in [6.07, 6.45) is -0.712. The maximum Gasteiger partial charge on any atom is 0.287 e. The van der Waals surface area contributed by atoms with Crippen molar-refractivity contribution in [2.45, 2.75) is 0 Å². The van der Waals surface area contributed by atoms with Crippen LogP contribution in [0.25, 0.3) is 11.0 Å². The van der Waals surface area contributed by atoms with Crippen LogP contribution >= 0.6 is 15.9 Å². The summed E-state index contributed by atoms with van der Waals surface area (Å²) in [5.74, 6) is -0.432. The van der Waals surface area contributed by atoms with E-state index in [9.17, 15) is 8.78 Å². The van der Waals surface area contributed by atoms with Crippen molar-refractivity contribution >= 4 is 27.0 Å². The molecule has 0 fully saturated rings. The fourth-order valence-electron chi connectivity index (χ4n) is 1.01. The van der Waals surface area contributed by atoms with E-state index < -0.39 is 11.9 Å². The average molecular weight is 233 g/mol. The zero-order valence-electron chi connectivity index (χ0n) is 5.74. The molecule has 0 bridgehead atoms. The van der Waals surface area contributed by atoms with Crippen LogP contribution in [0.5, 0.6) is 0 Å². The van der Waals surface area contributed by atoms with Gasteiger partial charge in [-0.1, -0.05) is 0 Å². The van der Waals surface area contributed by atoms with Gasteiger partial charge in [0.25, 0.3) is 6.08 Å². The maximum atomic E-state index is 12.7. The number of nitrogens with one attached hydrogen (secondary N) is 1. The number of imidazole rings is 1. The number of rotatable bonds is 0. The summed E-state index contributed by atoms with van der Waals surface area (Å²) >= 11 is 3.07. The van der Waals surface area contributed by atoms with E-state index >= 15 is 0 Å². The number of hydrogen-bond donors (Lipinski definition) is 1. The number of benzene rings is 1. The van der Waals surface area contributed by atoms with Crippen LogP contribution in [0.4, 0.5) is 8.78 Å². The highest BCUT2D eigenvalue weighted by Crippen LogP contribution is 2.22. The first-order valence-electron chi connectivity index (χ1n) is 3.17. The smallest absolute Gasteiger partial charge is 0.287 e. The molecule has 0 unspecified atom stereocenters. The standard InChI is InChI=1S/C7H3BrF2N2/c8-4-1-3(9)2-5-6(4)12-7(10)11-5/h1-2H,(H,11,12). The Labute approximate surface area is 74.7 Å². The molecule has 0 radical (unpaired) electrons. The summed E-state index contributed by atoms with van der Waals surface area (Å²) in [7, 11) is 0. The van der Waals surface area contributed by atoms with Crippen molar-refractivity contribution in [1.29, 1.82) is 0 Å². The molecule has 0 saturated carbocycles. The molecule has 0 atom stereocenters. The van der Waals surface area contributed by atoms with Gasteiger partial charge in [-0.05, 0) is 28.1 Å². The molecular weight excluding hydrogens is 230 g/mol. The summed E-state index contributed by atoms with van der Waals surface area (Å²) in [6.45, 7) is 0. The average Bonchev–Trinajstić information content (AvgIpc) is 2.29. The Kier molecular flexibility index (Phi) is 1.61. The van der Waals surface area contributed by atoms with Crippen LogP contribution < -0.4 is 0 Å². The van der Waals surface area contributed by atoms with Crippen LogP contribution in [0.2, 0.25) is 0 Å². The van der Waals surface area contributed by atoms with Gasteiger partial charge in [-0.3, -0.25) is 0 Å².